The van der Waals surface area contributed by atoms with Crippen molar-refractivity contribution in [2.45, 2.75) is 36.9 Å². The van der Waals surface area contributed by atoms with Crippen LogP contribution in [-0.4, -0.2) is 85.0 Å². The fraction of sp³-hybridized carbons (Fsp3) is 0.588. The van der Waals surface area contributed by atoms with E-state index in [-0.39, 0.29) is 34.0 Å². The van der Waals surface area contributed by atoms with Gasteiger partial charge in [-0.1, -0.05) is 11.6 Å². The van der Waals surface area contributed by atoms with Crippen molar-refractivity contribution < 1.29 is 42.8 Å². The Labute approximate surface area is 190 Å². The maximum atomic E-state index is 13.8. The molecular weight excluding hydrogens is 491 g/mol. The van der Waals surface area contributed by atoms with Gasteiger partial charge in [-0.25, -0.2) is 18.4 Å². The van der Waals surface area contributed by atoms with Crippen LogP contribution in [0.1, 0.15) is 18.2 Å². The first kappa shape index (κ1) is 24.2. The lowest BCUT2D eigenvalue weighted by Crippen LogP contribution is -2.34. The lowest BCUT2D eigenvalue weighted by Gasteiger charge is -2.21. The van der Waals surface area contributed by atoms with Gasteiger partial charge in [0.15, 0.2) is 17.0 Å². The number of ether oxygens (including phenoxy) is 2. The van der Waals surface area contributed by atoms with E-state index in [1.165, 1.54) is 11.1 Å². The van der Waals surface area contributed by atoms with Crippen LogP contribution >= 0.6 is 19.2 Å². The molecule has 0 aromatic carbocycles. The summed E-state index contributed by atoms with van der Waals surface area (Å²) in [6, 6.07) is 1.88. The lowest BCUT2D eigenvalue weighted by atomic mass is 10.1. The largest absolute Gasteiger partial charge is 0.387 e. The summed E-state index contributed by atoms with van der Waals surface area (Å²) in [7, 11) is -4.44. The van der Waals surface area contributed by atoms with E-state index in [0.29, 0.717) is 0 Å². The molecule has 16 heteroatoms. The minimum Gasteiger partial charge on any atom is -0.387 e. The summed E-state index contributed by atoms with van der Waals surface area (Å²) in [6.07, 6.45) is -5.51. The summed E-state index contributed by atoms with van der Waals surface area (Å²) in [4.78, 5) is 23.2. The Bertz CT molecular complexity index is 1150. The standard InChI is InChI=1S/C17H19ClF2N5O7P/c18-14-8(3-21)11(24-2-1-17(19,20)6-24)9-4-22-25(15(9)23-14)16-13(27)12(26)10(32-16)5-31-7-33(28,29)30/h4,10,12-13,16,26-27H,1-2,5-7H2,(H2,28,29,30)/t10?,12-,13-,16-/m1/s1. The van der Waals surface area contributed by atoms with Gasteiger partial charge < -0.3 is 34.4 Å². The number of hydrogen-bond donors (Lipinski definition) is 4. The van der Waals surface area contributed by atoms with Crippen molar-refractivity contribution in [3.05, 3.63) is 16.9 Å². The Morgan fingerprint density at radius 2 is 2.12 bits per heavy atom. The first-order chi connectivity index (χ1) is 15.4. The zero-order valence-electron chi connectivity index (χ0n) is 16.8. The van der Waals surface area contributed by atoms with Crippen LogP contribution < -0.4 is 4.90 Å². The lowest BCUT2D eigenvalue weighted by molar-refractivity contribution is -0.0658. The number of fused-ring (bicyclic) bond motifs is 1. The third-order valence-corrected chi connectivity index (χ3v) is 6.18. The summed E-state index contributed by atoms with van der Waals surface area (Å²) >= 11 is 6.16. The first-order valence-electron chi connectivity index (χ1n) is 9.65. The van der Waals surface area contributed by atoms with Gasteiger partial charge in [0.1, 0.15) is 36.3 Å². The van der Waals surface area contributed by atoms with E-state index in [9.17, 15) is 28.8 Å². The third kappa shape index (κ3) is 4.68. The number of aliphatic hydroxyl groups excluding tert-OH is 2. The van der Waals surface area contributed by atoms with Crippen LogP contribution in [-0.2, 0) is 14.0 Å². The highest BCUT2D eigenvalue weighted by Gasteiger charge is 2.46. The molecular formula is C17H19ClF2N5O7P. The van der Waals surface area contributed by atoms with Crippen molar-refractivity contribution in [3.63, 3.8) is 0 Å². The van der Waals surface area contributed by atoms with Crippen LogP contribution in [0.3, 0.4) is 0 Å². The van der Waals surface area contributed by atoms with Gasteiger partial charge in [-0.2, -0.15) is 10.4 Å². The highest BCUT2D eigenvalue weighted by atomic mass is 35.5. The van der Waals surface area contributed by atoms with E-state index in [0.717, 1.165) is 4.68 Å². The maximum Gasteiger partial charge on any atom is 0.350 e. The number of aromatic nitrogens is 3. The molecule has 1 unspecified atom stereocenters. The van der Waals surface area contributed by atoms with E-state index < -0.39 is 64.0 Å². The van der Waals surface area contributed by atoms with E-state index in [1.54, 1.807) is 0 Å². The predicted molar refractivity (Wildman–Crippen MR) is 108 cm³/mol. The van der Waals surface area contributed by atoms with Crippen molar-refractivity contribution in [2.75, 3.05) is 30.9 Å². The number of pyridine rings is 1. The Kier molecular flexibility index (Phi) is 6.36. The van der Waals surface area contributed by atoms with Crippen molar-refractivity contribution in [1.82, 2.24) is 14.8 Å². The summed E-state index contributed by atoms with van der Waals surface area (Å²) in [6.45, 7) is -1.08. The van der Waals surface area contributed by atoms with Crippen LogP contribution in [0.2, 0.25) is 5.15 Å². The molecule has 2 aliphatic rings. The van der Waals surface area contributed by atoms with Gasteiger partial charge in [-0.3, -0.25) is 4.57 Å². The van der Waals surface area contributed by atoms with Gasteiger partial charge in [0.25, 0.3) is 5.92 Å². The molecule has 12 nitrogen and oxygen atoms in total. The third-order valence-electron chi connectivity index (χ3n) is 5.39. The molecule has 0 radical (unpaired) electrons. The Morgan fingerprint density at radius 3 is 2.73 bits per heavy atom. The van der Waals surface area contributed by atoms with Crippen LogP contribution in [0.15, 0.2) is 6.20 Å². The minimum absolute atomic E-state index is 0.0252. The van der Waals surface area contributed by atoms with E-state index in [1.807, 2.05) is 6.07 Å². The number of rotatable bonds is 6. The first-order valence-corrected chi connectivity index (χ1v) is 11.8. The molecule has 0 spiro atoms. The molecule has 4 atom stereocenters. The van der Waals surface area contributed by atoms with Gasteiger partial charge in [0, 0.05) is 13.0 Å². The molecule has 4 rings (SSSR count). The summed E-state index contributed by atoms with van der Waals surface area (Å²) in [5.41, 5.74) is 0.0563. The van der Waals surface area contributed by atoms with Gasteiger partial charge in [0.05, 0.1) is 30.4 Å². The second-order valence-electron chi connectivity index (χ2n) is 7.80. The second kappa shape index (κ2) is 8.68. The van der Waals surface area contributed by atoms with E-state index >= 15 is 0 Å². The van der Waals surface area contributed by atoms with Crippen molar-refractivity contribution in [3.8, 4) is 6.07 Å². The average Bonchev–Trinajstić information content (AvgIpc) is 3.37. The van der Waals surface area contributed by atoms with Gasteiger partial charge in [-0.05, 0) is 0 Å². The van der Waals surface area contributed by atoms with Crippen molar-refractivity contribution in [1.29, 1.82) is 5.26 Å². The molecule has 2 aromatic heterocycles. The molecule has 0 saturated carbocycles. The summed E-state index contributed by atoms with van der Waals surface area (Å²) in [5, 5.41) is 34.4. The second-order valence-corrected chi connectivity index (χ2v) is 9.75. The minimum atomic E-state index is -4.44. The number of aliphatic hydroxyl groups is 2. The molecule has 180 valence electrons. The Morgan fingerprint density at radius 1 is 1.39 bits per heavy atom. The molecule has 4 N–H and O–H groups in total. The zero-order chi connectivity index (χ0) is 24.1. The number of alkyl halides is 2. The SMILES string of the molecule is N#Cc1c(Cl)nc2c(cnn2[C@@H]2OC(COCP(=O)(O)O)[C@@H](O)[C@H]2O)c1N1CCC(F)(F)C1. The number of hydrogen-bond acceptors (Lipinski definition) is 9. The highest BCUT2D eigenvalue weighted by Crippen LogP contribution is 2.41. The fourth-order valence-corrected chi connectivity index (χ4v) is 4.47. The maximum absolute atomic E-state index is 13.8. The number of halogens is 3. The Hall–Kier alpha value is -1.95. The molecule has 2 aliphatic heterocycles. The molecule has 33 heavy (non-hydrogen) atoms. The van der Waals surface area contributed by atoms with Gasteiger partial charge in [-0.15, -0.1) is 0 Å². The van der Waals surface area contributed by atoms with Crippen LogP contribution in [0.4, 0.5) is 14.5 Å². The molecule has 4 heterocycles. The van der Waals surface area contributed by atoms with Crippen LogP contribution in [0, 0.1) is 11.3 Å². The predicted octanol–water partition coefficient (Wildman–Crippen LogP) is 0.573. The molecule has 2 fully saturated rings. The average molecular weight is 510 g/mol. The quantitative estimate of drug-likeness (QED) is 0.316. The fourth-order valence-electron chi connectivity index (χ4n) is 3.91. The number of anilines is 1. The van der Waals surface area contributed by atoms with Crippen molar-refractivity contribution in [2.24, 2.45) is 0 Å². The zero-order valence-corrected chi connectivity index (χ0v) is 18.4. The normalized spacial score (nSPS) is 27.4. The molecule has 2 aromatic rings. The van der Waals surface area contributed by atoms with E-state index in [2.05, 4.69) is 10.1 Å². The van der Waals surface area contributed by atoms with Crippen LogP contribution in [0.25, 0.3) is 11.0 Å². The van der Waals surface area contributed by atoms with Crippen LogP contribution in [0.5, 0.6) is 0 Å². The smallest absolute Gasteiger partial charge is 0.350 e. The molecule has 2 saturated heterocycles. The molecule has 0 aliphatic carbocycles. The van der Waals surface area contributed by atoms with E-state index in [4.69, 9.17) is 30.9 Å². The van der Waals surface area contributed by atoms with Gasteiger partial charge in [0.2, 0.25) is 0 Å². The van der Waals surface area contributed by atoms with Gasteiger partial charge >= 0.3 is 7.60 Å². The molecule has 0 bridgehead atoms. The monoisotopic (exact) mass is 509 g/mol. The Balaban J connectivity index is 1.67. The highest BCUT2D eigenvalue weighted by molar-refractivity contribution is 7.51. The number of nitriles is 1. The number of nitrogens with zero attached hydrogens (tertiary/aromatic N) is 5. The van der Waals surface area contributed by atoms with Crippen molar-refractivity contribution >= 4 is 35.9 Å². The summed E-state index contributed by atoms with van der Waals surface area (Å²) < 4.78 is 50.2. The molecule has 0 amide bonds. The topological polar surface area (TPSA) is 174 Å². The summed E-state index contributed by atoms with van der Waals surface area (Å²) in [5.74, 6) is -2.94.